The smallest absolute Gasteiger partial charge is 0.273 e. The molecule has 1 aliphatic rings. The molecule has 0 radical (unpaired) electrons. The van der Waals surface area contributed by atoms with Gasteiger partial charge in [0.05, 0.1) is 6.04 Å². The molecule has 1 unspecified atom stereocenters. The molecule has 3 N–H and O–H groups in total. The summed E-state index contributed by atoms with van der Waals surface area (Å²) in [6.07, 6.45) is 0. The summed E-state index contributed by atoms with van der Waals surface area (Å²) in [5.41, 5.74) is 3.06. The molecule has 0 bridgehead atoms. The van der Waals surface area contributed by atoms with E-state index in [0.717, 1.165) is 11.1 Å². The molecule has 2 heterocycles. The molecule has 4 rings (SSSR count). The Morgan fingerprint density at radius 3 is 2.68 bits per heavy atom. The third kappa shape index (κ3) is 2.26. The number of benzene rings is 2. The second-order valence-corrected chi connectivity index (χ2v) is 5.97. The van der Waals surface area contributed by atoms with Crippen LogP contribution in [0.2, 0.25) is 0 Å². The van der Waals surface area contributed by atoms with Gasteiger partial charge in [-0.15, -0.1) is 0 Å². The van der Waals surface area contributed by atoms with E-state index < -0.39 is 0 Å². The van der Waals surface area contributed by atoms with E-state index in [1.807, 2.05) is 19.1 Å². The minimum Gasteiger partial charge on any atom is -0.508 e. The summed E-state index contributed by atoms with van der Waals surface area (Å²) < 4.78 is 0. The number of phenolic OH excluding ortho intramolecular Hbond substituents is 2. The van der Waals surface area contributed by atoms with Crippen molar-refractivity contribution < 1.29 is 15.0 Å². The largest absolute Gasteiger partial charge is 0.508 e. The number of hydrogen-bond acceptors (Lipinski definition) is 4. The lowest BCUT2D eigenvalue weighted by atomic mass is 9.95. The summed E-state index contributed by atoms with van der Waals surface area (Å²) in [4.78, 5) is 14.5. The SMILES string of the molecule is CCN1C(=O)c2[nH]nc(-c3ccccc3O)c2C1c1cccc(O)c1. The predicted octanol–water partition coefficient (Wildman–Crippen LogP) is 3.05. The normalized spacial score (nSPS) is 16.3. The Morgan fingerprint density at radius 1 is 1.16 bits per heavy atom. The fraction of sp³-hybridized carbons (Fsp3) is 0.158. The number of aromatic amines is 1. The Bertz CT molecular complexity index is 964. The molecule has 0 spiro atoms. The molecule has 1 aromatic heterocycles. The van der Waals surface area contributed by atoms with Crippen LogP contribution >= 0.6 is 0 Å². The molecular weight excluding hydrogens is 318 g/mol. The monoisotopic (exact) mass is 335 g/mol. The lowest BCUT2D eigenvalue weighted by molar-refractivity contribution is 0.0753. The summed E-state index contributed by atoms with van der Waals surface area (Å²) in [6, 6.07) is 13.4. The molecule has 6 nitrogen and oxygen atoms in total. The molecule has 1 amide bonds. The minimum atomic E-state index is -0.368. The Balaban J connectivity index is 1.95. The van der Waals surface area contributed by atoms with Gasteiger partial charge in [0.1, 0.15) is 22.9 Å². The van der Waals surface area contributed by atoms with Crippen LogP contribution in [0.5, 0.6) is 11.5 Å². The van der Waals surface area contributed by atoms with Gasteiger partial charge in [0.25, 0.3) is 5.91 Å². The molecule has 6 heteroatoms. The number of nitrogens with one attached hydrogen (secondary N) is 1. The molecule has 0 saturated heterocycles. The Labute approximate surface area is 144 Å². The zero-order valence-corrected chi connectivity index (χ0v) is 13.6. The first-order chi connectivity index (χ1) is 12.1. The molecule has 1 aliphatic heterocycles. The zero-order valence-electron chi connectivity index (χ0n) is 13.6. The van der Waals surface area contributed by atoms with Gasteiger partial charge >= 0.3 is 0 Å². The number of aromatic hydroxyl groups is 2. The van der Waals surface area contributed by atoms with Crippen molar-refractivity contribution in [3.8, 4) is 22.8 Å². The van der Waals surface area contributed by atoms with E-state index in [2.05, 4.69) is 10.2 Å². The third-order valence-electron chi connectivity index (χ3n) is 4.55. The van der Waals surface area contributed by atoms with Gasteiger partial charge in [-0.2, -0.15) is 5.10 Å². The van der Waals surface area contributed by atoms with Crippen LogP contribution < -0.4 is 0 Å². The van der Waals surface area contributed by atoms with E-state index >= 15 is 0 Å². The fourth-order valence-electron chi connectivity index (χ4n) is 3.44. The first-order valence-corrected chi connectivity index (χ1v) is 8.08. The second-order valence-electron chi connectivity index (χ2n) is 5.97. The maximum atomic E-state index is 12.8. The number of phenols is 2. The number of nitrogens with zero attached hydrogens (tertiary/aromatic N) is 2. The van der Waals surface area contributed by atoms with Crippen molar-refractivity contribution in [2.75, 3.05) is 6.54 Å². The molecule has 1 atom stereocenters. The molecule has 0 aliphatic carbocycles. The van der Waals surface area contributed by atoms with Gasteiger partial charge in [0, 0.05) is 17.7 Å². The number of hydrogen-bond donors (Lipinski definition) is 3. The van der Waals surface area contributed by atoms with Crippen LogP contribution in [0, 0.1) is 0 Å². The number of H-pyrrole nitrogens is 1. The van der Waals surface area contributed by atoms with Gasteiger partial charge < -0.3 is 15.1 Å². The number of fused-ring (bicyclic) bond motifs is 1. The average molecular weight is 335 g/mol. The van der Waals surface area contributed by atoms with Crippen LogP contribution in [0.3, 0.4) is 0 Å². The molecular formula is C19H17N3O3. The summed E-state index contributed by atoms with van der Waals surface area (Å²) in [7, 11) is 0. The fourth-order valence-corrected chi connectivity index (χ4v) is 3.44. The van der Waals surface area contributed by atoms with Gasteiger partial charge in [-0.05, 0) is 36.8 Å². The standard InChI is InChI=1S/C19H17N3O3/c1-2-22-18(11-6-5-7-12(23)10-11)15-16(20-21-17(15)19(22)25)13-8-3-4-9-14(13)24/h3-10,18,23-24H,2H2,1H3,(H,20,21). The van der Waals surface area contributed by atoms with Gasteiger partial charge in [0.2, 0.25) is 0 Å². The van der Waals surface area contributed by atoms with Crippen molar-refractivity contribution in [1.29, 1.82) is 0 Å². The highest BCUT2D eigenvalue weighted by atomic mass is 16.3. The summed E-state index contributed by atoms with van der Waals surface area (Å²) >= 11 is 0. The molecule has 0 fully saturated rings. The number of carbonyl (C=O) groups is 1. The van der Waals surface area contributed by atoms with Gasteiger partial charge in [-0.25, -0.2) is 0 Å². The maximum absolute atomic E-state index is 12.8. The van der Waals surface area contributed by atoms with Crippen molar-refractivity contribution in [2.45, 2.75) is 13.0 Å². The summed E-state index contributed by atoms with van der Waals surface area (Å²) in [5.74, 6) is 0.107. The highest BCUT2D eigenvalue weighted by Crippen LogP contribution is 2.44. The second kappa shape index (κ2) is 5.66. The van der Waals surface area contributed by atoms with Crippen molar-refractivity contribution in [3.05, 3.63) is 65.4 Å². The quantitative estimate of drug-likeness (QED) is 0.686. The first-order valence-electron chi connectivity index (χ1n) is 8.08. The molecule has 2 aromatic carbocycles. The van der Waals surface area contributed by atoms with Crippen molar-refractivity contribution in [2.24, 2.45) is 0 Å². The van der Waals surface area contributed by atoms with Crippen LogP contribution in [0.15, 0.2) is 48.5 Å². The van der Waals surface area contributed by atoms with Gasteiger partial charge in [0.15, 0.2) is 0 Å². The van der Waals surface area contributed by atoms with E-state index in [1.165, 1.54) is 0 Å². The number of rotatable bonds is 3. The number of amides is 1. The summed E-state index contributed by atoms with van der Waals surface area (Å²) in [5, 5.41) is 27.2. The lowest BCUT2D eigenvalue weighted by Gasteiger charge is -2.25. The van der Waals surface area contributed by atoms with Crippen LogP contribution in [0.1, 0.15) is 34.6 Å². The third-order valence-corrected chi connectivity index (χ3v) is 4.55. The van der Waals surface area contributed by atoms with Gasteiger partial charge in [-0.1, -0.05) is 24.3 Å². The van der Waals surface area contributed by atoms with E-state index in [1.54, 1.807) is 41.3 Å². The van der Waals surface area contributed by atoms with Gasteiger partial charge in [-0.3, -0.25) is 9.89 Å². The van der Waals surface area contributed by atoms with E-state index in [4.69, 9.17) is 0 Å². The Morgan fingerprint density at radius 2 is 1.96 bits per heavy atom. The topological polar surface area (TPSA) is 89.5 Å². The first kappa shape index (κ1) is 15.3. The molecule has 126 valence electrons. The van der Waals surface area contributed by atoms with E-state index in [0.29, 0.717) is 23.5 Å². The number of para-hydroxylation sites is 1. The molecule has 3 aromatic rings. The van der Waals surface area contributed by atoms with Crippen molar-refractivity contribution >= 4 is 5.91 Å². The lowest BCUT2D eigenvalue weighted by Crippen LogP contribution is -2.29. The molecule has 25 heavy (non-hydrogen) atoms. The van der Waals surface area contributed by atoms with Crippen molar-refractivity contribution in [3.63, 3.8) is 0 Å². The van der Waals surface area contributed by atoms with E-state index in [9.17, 15) is 15.0 Å². The van der Waals surface area contributed by atoms with Crippen LogP contribution in [0.25, 0.3) is 11.3 Å². The highest BCUT2D eigenvalue weighted by Gasteiger charge is 2.41. The zero-order chi connectivity index (χ0) is 17.6. The van der Waals surface area contributed by atoms with Crippen molar-refractivity contribution in [1.82, 2.24) is 15.1 Å². The molecule has 0 saturated carbocycles. The maximum Gasteiger partial charge on any atom is 0.273 e. The van der Waals surface area contributed by atoms with Crippen LogP contribution in [0.4, 0.5) is 0 Å². The minimum absolute atomic E-state index is 0.105. The highest BCUT2D eigenvalue weighted by molar-refractivity contribution is 6.00. The number of carbonyl (C=O) groups excluding carboxylic acids is 1. The Kier molecular flexibility index (Phi) is 3.46. The van der Waals surface area contributed by atoms with Crippen LogP contribution in [-0.2, 0) is 0 Å². The predicted molar refractivity (Wildman–Crippen MR) is 92.3 cm³/mol. The Hall–Kier alpha value is -3.28. The number of aromatic nitrogens is 2. The summed E-state index contributed by atoms with van der Waals surface area (Å²) in [6.45, 7) is 2.43. The average Bonchev–Trinajstić information content (AvgIpc) is 3.14. The van der Waals surface area contributed by atoms with Crippen LogP contribution in [-0.4, -0.2) is 37.8 Å². The van der Waals surface area contributed by atoms with E-state index in [-0.39, 0.29) is 23.4 Å².